The molecule has 7 heteroatoms. The Hall–Kier alpha value is -3.48. The van der Waals surface area contributed by atoms with Gasteiger partial charge in [-0.25, -0.2) is 0 Å². The second-order valence-corrected chi connectivity index (χ2v) is 6.62. The summed E-state index contributed by atoms with van der Waals surface area (Å²) in [5, 5.41) is 5.33. The van der Waals surface area contributed by atoms with Gasteiger partial charge in [0.2, 0.25) is 0 Å². The molecule has 7 nitrogen and oxygen atoms in total. The summed E-state index contributed by atoms with van der Waals surface area (Å²) in [7, 11) is 0. The molecule has 2 aromatic carbocycles. The highest BCUT2D eigenvalue weighted by Crippen LogP contribution is 2.19. The third-order valence-electron chi connectivity index (χ3n) is 4.17. The maximum atomic E-state index is 12.3. The van der Waals surface area contributed by atoms with Gasteiger partial charge in [-0.2, -0.15) is 0 Å². The Morgan fingerprint density at radius 1 is 1.11 bits per heavy atom. The topological polar surface area (TPSA) is 96.9 Å². The van der Waals surface area contributed by atoms with Gasteiger partial charge in [-0.15, -0.1) is 0 Å². The molecule has 0 saturated carbocycles. The van der Waals surface area contributed by atoms with Crippen molar-refractivity contribution in [1.82, 2.24) is 5.32 Å². The predicted molar refractivity (Wildman–Crippen MR) is 106 cm³/mol. The molecular formula is C21H21N3O4. The van der Waals surface area contributed by atoms with Crippen LogP contribution in [0.25, 0.3) is 0 Å². The predicted octanol–water partition coefficient (Wildman–Crippen LogP) is 2.42. The number of aryl methyl sites for hydroxylation is 2. The summed E-state index contributed by atoms with van der Waals surface area (Å²) < 4.78 is 5.56. The highest BCUT2D eigenvalue weighted by Gasteiger charge is 2.17. The van der Waals surface area contributed by atoms with E-state index in [-0.39, 0.29) is 37.2 Å². The number of ketones is 1. The van der Waals surface area contributed by atoms with Crippen LogP contribution in [-0.4, -0.2) is 36.6 Å². The Morgan fingerprint density at radius 2 is 1.93 bits per heavy atom. The van der Waals surface area contributed by atoms with E-state index in [1.54, 1.807) is 24.3 Å². The van der Waals surface area contributed by atoms with E-state index in [1.807, 2.05) is 32.0 Å². The maximum Gasteiger partial charge on any atom is 0.262 e. The number of aliphatic imine (C=N–C) groups is 1. The van der Waals surface area contributed by atoms with E-state index in [4.69, 9.17) is 4.74 Å². The number of nitrogens with one attached hydrogen (secondary N) is 2. The minimum absolute atomic E-state index is 0.0277. The van der Waals surface area contributed by atoms with Crippen LogP contribution in [0.5, 0.6) is 5.75 Å². The first-order valence-electron chi connectivity index (χ1n) is 8.87. The molecule has 0 fully saturated rings. The second-order valence-electron chi connectivity index (χ2n) is 6.62. The van der Waals surface area contributed by atoms with E-state index in [9.17, 15) is 14.4 Å². The van der Waals surface area contributed by atoms with E-state index >= 15 is 0 Å². The second kappa shape index (κ2) is 8.47. The molecule has 2 N–H and O–H groups in total. The van der Waals surface area contributed by atoms with E-state index in [1.165, 1.54) is 0 Å². The highest BCUT2D eigenvalue weighted by molar-refractivity contribution is 6.14. The van der Waals surface area contributed by atoms with Gasteiger partial charge < -0.3 is 15.4 Å². The van der Waals surface area contributed by atoms with Crippen molar-refractivity contribution < 1.29 is 19.1 Å². The van der Waals surface area contributed by atoms with Gasteiger partial charge in [-0.05, 0) is 43.7 Å². The largest absolute Gasteiger partial charge is 0.483 e. The van der Waals surface area contributed by atoms with Crippen LogP contribution in [0, 0.1) is 13.8 Å². The summed E-state index contributed by atoms with van der Waals surface area (Å²) in [6.07, 6.45) is 0.137. The molecule has 0 aliphatic carbocycles. The third kappa shape index (κ3) is 5.03. The van der Waals surface area contributed by atoms with Crippen LogP contribution in [0.4, 0.5) is 5.69 Å². The quantitative estimate of drug-likeness (QED) is 0.834. The number of nitrogens with zero attached hydrogens (tertiary/aromatic N) is 1. The van der Waals surface area contributed by atoms with Gasteiger partial charge in [0, 0.05) is 11.3 Å². The summed E-state index contributed by atoms with van der Waals surface area (Å²) in [6.45, 7) is 3.87. The van der Waals surface area contributed by atoms with Crippen molar-refractivity contribution in [3.63, 3.8) is 0 Å². The molecule has 2 amide bonds. The van der Waals surface area contributed by atoms with Crippen molar-refractivity contribution in [2.75, 3.05) is 18.5 Å². The van der Waals surface area contributed by atoms with Gasteiger partial charge in [0.15, 0.2) is 12.4 Å². The summed E-state index contributed by atoms with van der Waals surface area (Å²) in [5.41, 5.74) is 2.92. The molecule has 0 saturated heterocycles. The standard InChI is InChI=1S/C21H21N3O4/c1-13-6-7-18(14(2)8-13)28-12-20(26)23-16-5-3-4-15(9-16)21(27)24-19-10-17(25)11-22-19/h3-9H,10-12H2,1-2H3,(H,23,26)(H,22,24,27). The number of carbonyl (C=O) groups is 3. The van der Waals surface area contributed by atoms with Gasteiger partial charge in [0.05, 0.1) is 13.0 Å². The highest BCUT2D eigenvalue weighted by atomic mass is 16.5. The number of anilines is 1. The molecule has 0 unspecified atom stereocenters. The van der Waals surface area contributed by atoms with Crippen molar-refractivity contribution in [2.45, 2.75) is 20.3 Å². The van der Waals surface area contributed by atoms with Crippen molar-refractivity contribution in [3.05, 3.63) is 59.2 Å². The summed E-state index contributed by atoms with van der Waals surface area (Å²) in [4.78, 5) is 39.6. The van der Waals surface area contributed by atoms with Crippen molar-refractivity contribution >= 4 is 29.1 Å². The molecule has 1 aliphatic heterocycles. The Bertz CT molecular complexity index is 966. The van der Waals surface area contributed by atoms with E-state index in [0.717, 1.165) is 11.1 Å². The number of Topliss-reactive ketones (excluding diaryl/α,β-unsaturated/α-hetero) is 1. The maximum absolute atomic E-state index is 12.3. The van der Waals surface area contributed by atoms with Crippen LogP contribution in [0.3, 0.4) is 0 Å². The summed E-state index contributed by atoms with van der Waals surface area (Å²) >= 11 is 0. The van der Waals surface area contributed by atoms with Crippen molar-refractivity contribution in [1.29, 1.82) is 0 Å². The first-order chi connectivity index (χ1) is 13.4. The number of amidine groups is 1. The molecule has 144 valence electrons. The molecular weight excluding hydrogens is 358 g/mol. The monoisotopic (exact) mass is 379 g/mol. The Labute approximate surface area is 162 Å². The van der Waals surface area contributed by atoms with Crippen LogP contribution in [-0.2, 0) is 9.59 Å². The average molecular weight is 379 g/mol. The number of hydrogen-bond donors (Lipinski definition) is 2. The number of ether oxygens (including phenoxy) is 1. The zero-order chi connectivity index (χ0) is 20.1. The average Bonchev–Trinajstić information content (AvgIpc) is 3.06. The minimum Gasteiger partial charge on any atom is -0.483 e. The molecule has 2 aromatic rings. The van der Waals surface area contributed by atoms with Gasteiger partial charge in [0.25, 0.3) is 11.8 Å². The zero-order valence-corrected chi connectivity index (χ0v) is 15.7. The molecule has 0 radical (unpaired) electrons. The first kappa shape index (κ1) is 19.3. The molecule has 1 aliphatic rings. The summed E-state index contributed by atoms with van der Waals surface area (Å²) in [6, 6.07) is 12.3. The zero-order valence-electron chi connectivity index (χ0n) is 15.7. The minimum atomic E-state index is -0.379. The van der Waals surface area contributed by atoms with Crippen LogP contribution >= 0.6 is 0 Å². The Kier molecular flexibility index (Phi) is 5.84. The van der Waals surface area contributed by atoms with Gasteiger partial charge in [0.1, 0.15) is 11.6 Å². The lowest BCUT2D eigenvalue weighted by molar-refractivity contribution is -0.118. The molecule has 1 heterocycles. The SMILES string of the molecule is Cc1ccc(OCC(=O)Nc2cccc(C(=O)NC3=NCC(=O)C3)c2)c(C)c1. The van der Waals surface area contributed by atoms with Crippen LogP contribution in [0.2, 0.25) is 0 Å². The molecule has 0 bridgehead atoms. The Morgan fingerprint density at radius 3 is 2.64 bits per heavy atom. The molecule has 0 spiro atoms. The van der Waals surface area contributed by atoms with Crippen LogP contribution in [0.1, 0.15) is 27.9 Å². The van der Waals surface area contributed by atoms with Gasteiger partial charge in [-0.1, -0.05) is 23.8 Å². The number of amides is 2. The normalized spacial score (nSPS) is 13.1. The molecule has 0 atom stereocenters. The molecule has 28 heavy (non-hydrogen) atoms. The number of carbonyl (C=O) groups excluding carboxylic acids is 3. The lowest BCUT2D eigenvalue weighted by atomic mass is 10.1. The number of benzene rings is 2. The van der Waals surface area contributed by atoms with E-state index in [0.29, 0.717) is 22.8 Å². The summed E-state index contributed by atoms with van der Waals surface area (Å²) in [5.74, 6) is 0.284. The van der Waals surface area contributed by atoms with E-state index in [2.05, 4.69) is 15.6 Å². The van der Waals surface area contributed by atoms with Crippen molar-refractivity contribution in [2.24, 2.45) is 4.99 Å². The van der Waals surface area contributed by atoms with Gasteiger partial charge in [-0.3, -0.25) is 19.4 Å². The lowest BCUT2D eigenvalue weighted by Gasteiger charge is -2.11. The van der Waals surface area contributed by atoms with Crippen LogP contribution in [0.15, 0.2) is 47.5 Å². The van der Waals surface area contributed by atoms with Crippen LogP contribution < -0.4 is 15.4 Å². The molecule has 0 aromatic heterocycles. The van der Waals surface area contributed by atoms with E-state index < -0.39 is 0 Å². The number of hydrogen-bond acceptors (Lipinski definition) is 5. The smallest absolute Gasteiger partial charge is 0.262 e. The fraction of sp³-hybridized carbons (Fsp3) is 0.238. The van der Waals surface area contributed by atoms with Gasteiger partial charge >= 0.3 is 0 Å². The number of rotatable bonds is 5. The van der Waals surface area contributed by atoms with Crippen molar-refractivity contribution in [3.8, 4) is 5.75 Å². The third-order valence-corrected chi connectivity index (χ3v) is 4.17. The fourth-order valence-electron chi connectivity index (χ4n) is 2.81. The Balaban J connectivity index is 1.56. The fourth-order valence-corrected chi connectivity index (χ4v) is 2.81. The molecule has 3 rings (SSSR count). The lowest BCUT2D eigenvalue weighted by Crippen LogP contribution is -2.29. The first-order valence-corrected chi connectivity index (χ1v) is 8.87.